The molecule has 1 atom stereocenters. The third-order valence-corrected chi connectivity index (χ3v) is 3.74. The summed E-state index contributed by atoms with van der Waals surface area (Å²) in [5.41, 5.74) is 7.02. The summed E-state index contributed by atoms with van der Waals surface area (Å²) in [6.07, 6.45) is 1.40. The number of hydrogen-bond acceptors (Lipinski definition) is 2. The quantitative estimate of drug-likeness (QED) is 0.862. The highest BCUT2D eigenvalue weighted by atomic mass is 35.5. The summed E-state index contributed by atoms with van der Waals surface area (Å²) in [4.78, 5) is 0. The molecule has 106 valence electrons. The molecule has 0 aliphatic carbocycles. The van der Waals surface area contributed by atoms with Gasteiger partial charge in [-0.3, -0.25) is 0 Å². The van der Waals surface area contributed by atoms with Crippen LogP contribution in [0.25, 0.3) is 0 Å². The fourth-order valence-electron chi connectivity index (χ4n) is 1.94. The Labute approximate surface area is 129 Å². The van der Waals surface area contributed by atoms with Crippen LogP contribution in [-0.4, -0.2) is 12.6 Å². The molecule has 2 rings (SSSR count). The van der Waals surface area contributed by atoms with Crippen LogP contribution in [0.1, 0.15) is 12.0 Å². The minimum absolute atomic E-state index is 0.0314. The summed E-state index contributed by atoms with van der Waals surface area (Å²) in [5, 5.41) is 1.33. The van der Waals surface area contributed by atoms with Crippen molar-refractivity contribution in [2.45, 2.75) is 18.9 Å². The maximum Gasteiger partial charge on any atom is 0.119 e. The Hall–Kier alpha value is -1.22. The maximum atomic E-state index is 6.13. The first-order valence-electron chi connectivity index (χ1n) is 6.53. The van der Waals surface area contributed by atoms with Gasteiger partial charge in [0.2, 0.25) is 0 Å². The van der Waals surface area contributed by atoms with Crippen LogP contribution in [0.4, 0.5) is 0 Å². The molecule has 1 unspecified atom stereocenters. The molecule has 0 bridgehead atoms. The van der Waals surface area contributed by atoms with Crippen LogP contribution in [0.15, 0.2) is 48.5 Å². The van der Waals surface area contributed by atoms with Crippen molar-refractivity contribution < 1.29 is 4.74 Å². The highest BCUT2D eigenvalue weighted by Gasteiger charge is 2.10. The molecule has 0 heterocycles. The van der Waals surface area contributed by atoms with E-state index in [4.69, 9.17) is 33.7 Å². The van der Waals surface area contributed by atoms with Crippen molar-refractivity contribution in [2.24, 2.45) is 5.73 Å². The van der Waals surface area contributed by atoms with Crippen LogP contribution in [0.3, 0.4) is 0 Å². The van der Waals surface area contributed by atoms with E-state index in [0.717, 1.165) is 17.7 Å². The molecule has 0 fully saturated rings. The van der Waals surface area contributed by atoms with E-state index < -0.39 is 0 Å². The Morgan fingerprint density at radius 1 is 0.950 bits per heavy atom. The average Bonchev–Trinajstić information content (AvgIpc) is 2.44. The Morgan fingerprint density at radius 3 is 2.25 bits per heavy atom. The molecule has 0 amide bonds. The molecule has 2 N–H and O–H groups in total. The Kier molecular flexibility index (Phi) is 5.72. The molecular formula is C16H17Cl2NO. The molecule has 2 nitrogen and oxygen atoms in total. The topological polar surface area (TPSA) is 35.2 Å². The van der Waals surface area contributed by atoms with E-state index in [9.17, 15) is 0 Å². The molecule has 0 saturated heterocycles. The second-order valence-corrected chi connectivity index (χ2v) is 5.43. The molecule has 0 spiro atoms. The fraction of sp³-hybridized carbons (Fsp3) is 0.250. The molecule has 0 aromatic heterocycles. The van der Waals surface area contributed by atoms with Gasteiger partial charge >= 0.3 is 0 Å². The Balaban J connectivity index is 1.82. The molecule has 20 heavy (non-hydrogen) atoms. The Morgan fingerprint density at radius 2 is 1.60 bits per heavy atom. The molecule has 0 aliphatic heterocycles. The lowest BCUT2D eigenvalue weighted by molar-refractivity contribution is 0.297. The normalized spacial score (nSPS) is 12.2. The molecule has 0 aliphatic rings. The van der Waals surface area contributed by atoms with Gasteiger partial charge in [0.05, 0.1) is 6.61 Å². The Bertz CT molecular complexity index is 525. The predicted octanol–water partition coefficient (Wildman–Crippen LogP) is 4.33. The first-order valence-corrected chi connectivity index (χ1v) is 7.28. The number of para-hydroxylation sites is 1. The largest absolute Gasteiger partial charge is 0.494 e. The summed E-state index contributed by atoms with van der Waals surface area (Å²) in [6.45, 7) is 0.577. The molecule has 2 aromatic carbocycles. The van der Waals surface area contributed by atoms with E-state index in [1.54, 1.807) is 0 Å². The van der Waals surface area contributed by atoms with Crippen molar-refractivity contribution in [3.8, 4) is 5.75 Å². The highest BCUT2D eigenvalue weighted by Crippen LogP contribution is 2.25. The van der Waals surface area contributed by atoms with Crippen molar-refractivity contribution >= 4 is 23.2 Å². The minimum atomic E-state index is -0.0314. The monoisotopic (exact) mass is 309 g/mol. The van der Waals surface area contributed by atoms with E-state index in [0.29, 0.717) is 23.1 Å². The standard InChI is InChI=1S/C16H17Cl2NO/c17-15-7-4-8-16(18)14(15)11-12(19)9-10-20-13-5-2-1-3-6-13/h1-8,12H,9-11,19H2. The minimum Gasteiger partial charge on any atom is -0.494 e. The van der Waals surface area contributed by atoms with Gasteiger partial charge in [0.1, 0.15) is 5.75 Å². The number of rotatable bonds is 6. The number of ether oxygens (including phenoxy) is 1. The molecular weight excluding hydrogens is 293 g/mol. The van der Waals surface area contributed by atoms with Crippen molar-refractivity contribution in [1.82, 2.24) is 0 Å². The number of hydrogen-bond donors (Lipinski definition) is 1. The molecule has 4 heteroatoms. The van der Waals surface area contributed by atoms with Crippen molar-refractivity contribution in [1.29, 1.82) is 0 Å². The second-order valence-electron chi connectivity index (χ2n) is 4.61. The highest BCUT2D eigenvalue weighted by molar-refractivity contribution is 6.35. The van der Waals surface area contributed by atoms with E-state index in [1.165, 1.54) is 0 Å². The molecule has 0 saturated carbocycles. The smallest absolute Gasteiger partial charge is 0.119 e. The number of benzene rings is 2. The van der Waals surface area contributed by atoms with Crippen LogP contribution < -0.4 is 10.5 Å². The van der Waals surface area contributed by atoms with Crippen LogP contribution in [0.2, 0.25) is 10.0 Å². The third kappa shape index (κ3) is 4.41. The van der Waals surface area contributed by atoms with Crippen LogP contribution in [0, 0.1) is 0 Å². The number of halogens is 2. The van der Waals surface area contributed by atoms with E-state index in [-0.39, 0.29) is 6.04 Å². The zero-order chi connectivity index (χ0) is 14.4. The van der Waals surface area contributed by atoms with Gasteiger partial charge in [0.15, 0.2) is 0 Å². The van der Waals surface area contributed by atoms with Gasteiger partial charge in [-0.25, -0.2) is 0 Å². The summed E-state index contributed by atoms with van der Waals surface area (Å²) in [7, 11) is 0. The predicted molar refractivity (Wildman–Crippen MR) is 84.7 cm³/mol. The van der Waals surface area contributed by atoms with Crippen LogP contribution in [-0.2, 0) is 6.42 Å². The lowest BCUT2D eigenvalue weighted by Gasteiger charge is -2.14. The summed E-state index contributed by atoms with van der Waals surface area (Å²) < 4.78 is 5.63. The first-order chi connectivity index (χ1) is 9.66. The zero-order valence-electron chi connectivity index (χ0n) is 11.1. The third-order valence-electron chi connectivity index (χ3n) is 3.03. The number of nitrogens with two attached hydrogens (primary N) is 1. The molecule has 0 radical (unpaired) electrons. The summed E-state index contributed by atoms with van der Waals surface area (Å²) >= 11 is 12.3. The van der Waals surface area contributed by atoms with Crippen molar-refractivity contribution in [3.63, 3.8) is 0 Å². The first kappa shape index (κ1) is 15.2. The van der Waals surface area contributed by atoms with Crippen molar-refractivity contribution in [3.05, 3.63) is 64.1 Å². The molecule has 2 aromatic rings. The maximum absolute atomic E-state index is 6.13. The van der Waals surface area contributed by atoms with Gasteiger partial charge in [0, 0.05) is 16.1 Å². The lowest BCUT2D eigenvalue weighted by Crippen LogP contribution is -2.25. The fourth-order valence-corrected chi connectivity index (χ4v) is 2.49. The lowest BCUT2D eigenvalue weighted by atomic mass is 10.0. The van der Waals surface area contributed by atoms with Gasteiger partial charge in [-0.15, -0.1) is 0 Å². The average molecular weight is 310 g/mol. The van der Waals surface area contributed by atoms with E-state index in [2.05, 4.69) is 0 Å². The second kappa shape index (κ2) is 7.53. The zero-order valence-corrected chi connectivity index (χ0v) is 12.6. The van der Waals surface area contributed by atoms with Gasteiger partial charge in [-0.1, -0.05) is 47.5 Å². The SMILES string of the molecule is NC(CCOc1ccccc1)Cc1c(Cl)cccc1Cl. The van der Waals surface area contributed by atoms with Gasteiger partial charge in [0.25, 0.3) is 0 Å². The van der Waals surface area contributed by atoms with Gasteiger partial charge in [-0.2, -0.15) is 0 Å². The van der Waals surface area contributed by atoms with Gasteiger partial charge in [-0.05, 0) is 42.7 Å². The summed E-state index contributed by atoms with van der Waals surface area (Å²) in [5.74, 6) is 0.857. The van der Waals surface area contributed by atoms with E-state index in [1.807, 2.05) is 48.5 Å². The van der Waals surface area contributed by atoms with Gasteiger partial charge < -0.3 is 10.5 Å². The van der Waals surface area contributed by atoms with E-state index >= 15 is 0 Å². The van der Waals surface area contributed by atoms with Crippen molar-refractivity contribution in [2.75, 3.05) is 6.61 Å². The van der Waals surface area contributed by atoms with Crippen LogP contribution >= 0.6 is 23.2 Å². The van der Waals surface area contributed by atoms with Crippen LogP contribution in [0.5, 0.6) is 5.75 Å². The summed E-state index contributed by atoms with van der Waals surface area (Å²) in [6, 6.07) is 15.2.